The molecule has 2 aromatic heterocycles. The number of anilines is 2. The summed E-state index contributed by atoms with van der Waals surface area (Å²) in [4.78, 5) is 31.0. The van der Waals surface area contributed by atoms with Crippen LogP contribution in [0.3, 0.4) is 0 Å². The highest BCUT2D eigenvalue weighted by Crippen LogP contribution is 2.27. The SMILES string of the molecule is CCOC(=O)ON1CCC(Nc2nc(NC3CCC(N)CC3)nc3c2ncn3C(C)C)CC1.Cl.Cl. The number of carbonyl (C=O) groups is 1. The van der Waals surface area contributed by atoms with Crippen molar-refractivity contribution in [3.05, 3.63) is 6.33 Å². The molecule has 2 aromatic rings. The minimum absolute atomic E-state index is 0. The van der Waals surface area contributed by atoms with Crippen LogP contribution in [-0.4, -0.2) is 68.6 Å². The molecule has 1 aliphatic heterocycles. The number of rotatable bonds is 7. The van der Waals surface area contributed by atoms with Crippen LogP contribution in [0.1, 0.15) is 65.3 Å². The maximum atomic E-state index is 11.6. The lowest BCUT2D eigenvalue weighted by Gasteiger charge is -2.31. The van der Waals surface area contributed by atoms with Crippen LogP contribution in [0, 0.1) is 0 Å². The number of hydroxylamine groups is 2. The maximum absolute atomic E-state index is 11.6. The van der Waals surface area contributed by atoms with Gasteiger partial charge in [-0.25, -0.2) is 9.78 Å². The van der Waals surface area contributed by atoms with Gasteiger partial charge in [0.1, 0.15) is 0 Å². The lowest BCUT2D eigenvalue weighted by molar-refractivity contribution is -0.137. The van der Waals surface area contributed by atoms with E-state index in [1.807, 2.05) is 6.33 Å². The molecule has 1 saturated heterocycles. The van der Waals surface area contributed by atoms with Gasteiger partial charge in [0, 0.05) is 37.3 Å². The molecule has 4 N–H and O–H groups in total. The molecule has 0 unspecified atom stereocenters. The van der Waals surface area contributed by atoms with Gasteiger partial charge in [-0.05, 0) is 59.3 Å². The normalized spacial score (nSPS) is 21.2. The number of nitrogens with zero attached hydrogens (tertiary/aromatic N) is 5. The number of ether oxygens (including phenoxy) is 1. The third-order valence-corrected chi connectivity index (χ3v) is 6.34. The van der Waals surface area contributed by atoms with Crippen LogP contribution >= 0.6 is 24.8 Å². The second kappa shape index (κ2) is 13.3. The van der Waals surface area contributed by atoms with Gasteiger partial charge in [-0.15, -0.1) is 29.9 Å². The third kappa shape index (κ3) is 7.45. The number of carbonyl (C=O) groups excluding carboxylic acids is 1. The number of fused-ring (bicyclic) bond motifs is 1. The Hall–Kier alpha value is -2.08. The molecule has 198 valence electrons. The first kappa shape index (κ1) is 29.2. The number of imidazole rings is 1. The molecule has 0 aromatic carbocycles. The predicted molar refractivity (Wildman–Crippen MR) is 140 cm³/mol. The van der Waals surface area contributed by atoms with Gasteiger partial charge in [0.05, 0.1) is 12.9 Å². The summed E-state index contributed by atoms with van der Waals surface area (Å²) in [5, 5.41) is 8.76. The molecular weight excluding hydrogens is 495 g/mol. The fraction of sp³-hybridized carbons (Fsp3) is 0.727. The van der Waals surface area contributed by atoms with Crippen molar-refractivity contribution >= 4 is 53.9 Å². The third-order valence-electron chi connectivity index (χ3n) is 6.34. The summed E-state index contributed by atoms with van der Waals surface area (Å²) >= 11 is 0. The Bertz CT molecular complexity index is 944. The number of nitrogens with two attached hydrogens (primary N) is 1. The first-order valence-corrected chi connectivity index (χ1v) is 12.1. The van der Waals surface area contributed by atoms with E-state index in [4.69, 9.17) is 25.3 Å². The zero-order valence-electron chi connectivity index (χ0n) is 20.6. The number of halogens is 2. The molecule has 1 aliphatic carbocycles. The highest BCUT2D eigenvalue weighted by atomic mass is 35.5. The van der Waals surface area contributed by atoms with E-state index in [0.29, 0.717) is 37.7 Å². The summed E-state index contributed by atoms with van der Waals surface area (Å²) < 4.78 is 6.93. The lowest BCUT2D eigenvalue weighted by Crippen LogP contribution is -2.40. The van der Waals surface area contributed by atoms with Crippen LogP contribution in [0.25, 0.3) is 11.2 Å². The van der Waals surface area contributed by atoms with Crippen molar-refractivity contribution in [1.29, 1.82) is 0 Å². The molecule has 0 radical (unpaired) electrons. The van der Waals surface area contributed by atoms with E-state index in [1.165, 1.54) is 0 Å². The summed E-state index contributed by atoms with van der Waals surface area (Å²) in [6.45, 7) is 7.54. The van der Waals surface area contributed by atoms with Crippen molar-refractivity contribution in [1.82, 2.24) is 24.6 Å². The molecule has 2 fully saturated rings. The van der Waals surface area contributed by atoms with Crippen molar-refractivity contribution in [3.8, 4) is 0 Å². The molecule has 11 nitrogen and oxygen atoms in total. The minimum Gasteiger partial charge on any atom is -0.433 e. The first-order chi connectivity index (χ1) is 15.9. The number of nitrogens with one attached hydrogen (secondary N) is 2. The number of piperidine rings is 1. The van der Waals surface area contributed by atoms with Gasteiger partial charge in [0.15, 0.2) is 17.0 Å². The van der Waals surface area contributed by atoms with Crippen LogP contribution in [0.5, 0.6) is 0 Å². The van der Waals surface area contributed by atoms with Crippen LogP contribution in [0.2, 0.25) is 0 Å². The molecule has 0 bridgehead atoms. The molecular formula is C22H38Cl2N8O3. The molecule has 1 saturated carbocycles. The molecule has 13 heteroatoms. The molecule has 2 aliphatic rings. The van der Waals surface area contributed by atoms with Crippen molar-refractivity contribution in [2.45, 2.75) is 83.5 Å². The monoisotopic (exact) mass is 532 g/mol. The summed E-state index contributed by atoms with van der Waals surface area (Å²) in [5.41, 5.74) is 7.65. The Morgan fingerprint density at radius 1 is 1.09 bits per heavy atom. The van der Waals surface area contributed by atoms with Gasteiger partial charge < -0.3 is 30.5 Å². The van der Waals surface area contributed by atoms with E-state index in [2.05, 4.69) is 34.0 Å². The number of hydrogen-bond acceptors (Lipinski definition) is 10. The van der Waals surface area contributed by atoms with Crippen LogP contribution in [0.4, 0.5) is 16.6 Å². The fourth-order valence-electron chi connectivity index (χ4n) is 4.44. The molecule has 0 spiro atoms. The van der Waals surface area contributed by atoms with E-state index in [0.717, 1.165) is 55.5 Å². The summed E-state index contributed by atoms with van der Waals surface area (Å²) in [6.07, 6.45) is 6.86. The highest BCUT2D eigenvalue weighted by Gasteiger charge is 2.25. The van der Waals surface area contributed by atoms with Crippen LogP contribution in [-0.2, 0) is 9.57 Å². The average molecular weight is 534 g/mol. The topological polar surface area (TPSA) is 132 Å². The second-order valence-corrected chi connectivity index (χ2v) is 9.19. The Kier molecular flexibility index (Phi) is 11.1. The van der Waals surface area contributed by atoms with Gasteiger partial charge in [-0.2, -0.15) is 9.97 Å². The second-order valence-electron chi connectivity index (χ2n) is 9.19. The van der Waals surface area contributed by atoms with Crippen LogP contribution < -0.4 is 16.4 Å². The Morgan fingerprint density at radius 2 is 1.74 bits per heavy atom. The van der Waals surface area contributed by atoms with E-state index in [-0.39, 0.29) is 36.9 Å². The highest BCUT2D eigenvalue weighted by molar-refractivity contribution is 5.86. The quantitative estimate of drug-likeness (QED) is 0.450. The van der Waals surface area contributed by atoms with E-state index in [1.54, 1.807) is 12.0 Å². The van der Waals surface area contributed by atoms with E-state index in [9.17, 15) is 4.79 Å². The van der Waals surface area contributed by atoms with Gasteiger partial charge in [0.2, 0.25) is 5.95 Å². The molecule has 0 amide bonds. The van der Waals surface area contributed by atoms with Crippen molar-refractivity contribution in [3.63, 3.8) is 0 Å². The largest absolute Gasteiger partial charge is 0.527 e. The van der Waals surface area contributed by atoms with Crippen LogP contribution in [0.15, 0.2) is 6.33 Å². The summed E-state index contributed by atoms with van der Waals surface area (Å²) in [7, 11) is 0. The van der Waals surface area contributed by atoms with Gasteiger partial charge in [-0.1, -0.05) is 0 Å². The maximum Gasteiger partial charge on any atom is 0.527 e. The molecule has 35 heavy (non-hydrogen) atoms. The van der Waals surface area contributed by atoms with Gasteiger partial charge in [0.25, 0.3) is 0 Å². The smallest absolute Gasteiger partial charge is 0.433 e. The van der Waals surface area contributed by atoms with Crippen molar-refractivity contribution < 1.29 is 14.4 Å². The molecule has 3 heterocycles. The Morgan fingerprint density at radius 3 is 2.37 bits per heavy atom. The number of aromatic nitrogens is 4. The standard InChI is InChI=1S/C22H36N8O3.2ClH/c1-4-32-22(31)33-29-11-9-17(10-12-29)25-19-18-20(30(13-24-18)14(2)3)28-21(27-19)26-16-7-5-15(23)6-8-16;;/h13-17H,4-12,23H2,1-3H3,(H2,25,26,27,28);2*1H. The van der Waals surface area contributed by atoms with Gasteiger partial charge in [-0.3, -0.25) is 0 Å². The summed E-state index contributed by atoms with van der Waals surface area (Å²) in [5.74, 6) is 1.36. The predicted octanol–water partition coefficient (Wildman–Crippen LogP) is 3.90. The van der Waals surface area contributed by atoms with Crippen molar-refractivity contribution in [2.24, 2.45) is 5.73 Å². The Balaban J connectivity index is 0.00000216. The fourth-order valence-corrected chi connectivity index (χ4v) is 4.44. The van der Waals surface area contributed by atoms with E-state index >= 15 is 0 Å². The minimum atomic E-state index is -0.653. The van der Waals surface area contributed by atoms with E-state index < -0.39 is 6.16 Å². The van der Waals surface area contributed by atoms with Crippen molar-refractivity contribution in [2.75, 3.05) is 30.3 Å². The lowest BCUT2D eigenvalue weighted by atomic mass is 9.92. The first-order valence-electron chi connectivity index (χ1n) is 12.1. The average Bonchev–Trinajstić information content (AvgIpc) is 3.21. The zero-order valence-corrected chi connectivity index (χ0v) is 22.2. The Labute approximate surface area is 218 Å². The van der Waals surface area contributed by atoms with Gasteiger partial charge >= 0.3 is 6.16 Å². The molecule has 0 atom stereocenters. The molecule has 4 rings (SSSR count). The number of hydrogen-bond donors (Lipinski definition) is 3. The summed E-state index contributed by atoms with van der Waals surface area (Å²) in [6, 6.07) is 1.05. The zero-order chi connectivity index (χ0) is 23.4.